The molecule has 2 aliphatic heterocycles. The van der Waals surface area contributed by atoms with Gasteiger partial charge in [0, 0.05) is 36.7 Å². The van der Waals surface area contributed by atoms with Crippen molar-refractivity contribution in [2.24, 2.45) is 0 Å². The van der Waals surface area contributed by atoms with Gasteiger partial charge in [-0.2, -0.15) is 0 Å². The van der Waals surface area contributed by atoms with Gasteiger partial charge in [0.1, 0.15) is 11.5 Å². The second kappa shape index (κ2) is 6.02. The Morgan fingerprint density at radius 1 is 1.17 bits per heavy atom. The Morgan fingerprint density at radius 3 is 2.78 bits per heavy atom. The van der Waals surface area contributed by atoms with E-state index in [1.165, 1.54) is 6.07 Å². The van der Waals surface area contributed by atoms with Gasteiger partial charge in [0.15, 0.2) is 11.6 Å². The maximum Gasteiger partial charge on any atom is 0.159 e. The standard InChI is InChI=1S/C17H19F2N3O/c18-14-2-1-11(9-15(14)19)17-13-10-22(8-5-16(13)23-21-17)12-3-6-20-7-4-12/h1-2,9,12,20H,3-8,10H2. The molecule has 0 bridgehead atoms. The van der Waals surface area contributed by atoms with Crippen molar-refractivity contribution in [2.45, 2.75) is 31.8 Å². The Kier molecular flexibility index (Phi) is 3.87. The van der Waals surface area contributed by atoms with E-state index in [-0.39, 0.29) is 0 Å². The third-order valence-corrected chi connectivity index (χ3v) is 4.87. The summed E-state index contributed by atoms with van der Waals surface area (Å²) < 4.78 is 32.1. The average molecular weight is 319 g/mol. The quantitative estimate of drug-likeness (QED) is 0.924. The Labute approximate surface area is 133 Å². The van der Waals surface area contributed by atoms with Crippen LogP contribution < -0.4 is 5.32 Å². The molecule has 6 heteroatoms. The molecule has 23 heavy (non-hydrogen) atoms. The Bertz CT molecular complexity index is 710. The Balaban J connectivity index is 1.62. The zero-order valence-corrected chi connectivity index (χ0v) is 12.8. The number of nitrogens with zero attached hydrogens (tertiary/aromatic N) is 2. The van der Waals surface area contributed by atoms with Gasteiger partial charge in [-0.1, -0.05) is 5.16 Å². The molecular weight excluding hydrogens is 300 g/mol. The predicted octanol–water partition coefficient (Wildman–Crippen LogP) is 2.73. The first-order chi connectivity index (χ1) is 11.2. The van der Waals surface area contributed by atoms with Crippen LogP contribution in [0, 0.1) is 11.6 Å². The molecule has 0 spiro atoms. The van der Waals surface area contributed by atoms with Crippen LogP contribution in [0.15, 0.2) is 22.7 Å². The van der Waals surface area contributed by atoms with Crippen LogP contribution >= 0.6 is 0 Å². The molecule has 0 saturated carbocycles. The molecule has 1 N–H and O–H groups in total. The van der Waals surface area contributed by atoms with Crippen LogP contribution in [0.5, 0.6) is 0 Å². The fourth-order valence-electron chi connectivity index (χ4n) is 3.58. The summed E-state index contributed by atoms with van der Waals surface area (Å²) in [6.45, 7) is 3.82. The van der Waals surface area contributed by atoms with Crippen LogP contribution in [0.2, 0.25) is 0 Å². The zero-order valence-electron chi connectivity index (χ0n) is 12.8. The SMILES string of the molecule is Fc1ccc(-c2noc3c2CN(C2CCNCC2)CC3)cc1F. The zero-order chi connectivity index (χ0) is 15.8. The minimum Gasteiger partial charge on any atom is -0.360 e. The van der Waals surface area contributed by atoms with E-state index in [0.717, 1.165) is 62.8 Å². The van der Waals surface area contributed by atoms with Gasteiger partial charge in [-0.05, 0) is 44.1 Å². The molecule has 4 nitrogen and oxygen atoms in total. The molecule has 3 heterocycles. The minimum atomic E-state index is -0.856. The van der Waals surface area contributed by atoms with E-state index in [0.29, 0.717) is 17.3 Å². The van der Waals surface area contributed by atoms with Crippen LogP contribution in [0.4, 0.5) is 8.78 Å². The molecule has 0 amide bonds. The van der Waals surface area contributed by atoms with Crippen molar-refractivity contribution in [2.75, 3.05) is 19.6 Å². The third-order valence-electron chi connectivity index (χ3n) is 4.87. The Morgan fingerprint density at radius 2 is 2.00 bits per heavy atom. The summed E-state index contributed by atoms with van der Waals surface area (Å²) in [5.41, 5.74) is 2.22. The van der Waals surface area contributed by atoms with Crippen molar-refractivity contribution in [3.05, 3.63) is 41.2 Å². The van der Waals surface area contributed by atoms with E-state index in [9.17, 15) is 8.78 Å². The number of nitrogens with one attached hydrogen (secondary N) is 1. The molecule has 4 rings (SSSR count). The van der Waals surface area contributed by atoms with Gasteiger partial charge < -0.3 is 9.84 Å². The van der Waals surface area contributed by atoms with Gasteiger partial charge in [0.05, 0.1) is 0 Å². The van der Waals surface area contributed by atoms with Crippen LogP contribution in [-0.2, 0) is 13.0 Å². The smallest absolute Gasteiger partial charge is 0.159 e. The lowest BCUT2D eigenvalue weighted by Crippen LogP contribution is -2.45. The molecule has 1 saturated heterocycles. The lowest BCUT2D eigenvalue weighted by Gasteiger charge is -2.36. The third kappa shape index (κ3) is 2.77. The molecular formula is C17H19F2N3O. The summed E-state index contributed by atoms with van der Waals surface area (Å²) in [4.78, 5) is 2.46. The van der Waals surface area contributed by atoms with E-state index in [1.54, 1.807) is 6.07 Å². The van der Waals surface area contributed by atoms with Gasteiger partial charge in [-0.3, -0.25) is 4.90 Å². The number of piperidine rings is 1. The fraction of sp³-hybridized carbons (Fsp3) is 0.471. The first kappa shape index (κ1) is 14.8. The van der Waals surface area contributed by atoms with Crippen LogP contribution in [0.1, 0.15) is 24.2 Å². The van der Waals surface area contributed by atoms with E-state index in [4.69, 9.17) is 4.52 Å². The van der Waals surface area contributed by atoms with Gasteiger partial charge in [-0.15, -0.1) is 0 Å². The number of aromatic nitrogens is 1. The highest BCUT2D eigenvalue weighted by atomic mass is 19.2. The molecule has 1 aromatic heterocycles. The fourth-order valence-corrected chi connectivity index (χ4v) is 3.58. The van der Waals surface area contributed by atoms with Crippen molar-refractivity contribution in [1.82, 2.24) is 15.4 Å². The normalized spacial score (nSPS) is 19.7. The lowest BCUT2D eigenvalue weighted by molar-refractivity contribution is 0.141. The largest absolute Gasteiger partial charge is 0.360 e. The van der Waals surface area contributed by atoms with Gasteiger partial charge >= 0.3 is 0 Å². The molecule has 1 fully saturated rings. The highest BCUT2D eigenvalue weighted by Crippen LogP contribution is 2.32. The van der Waals surface area contributed by atoms with Crippen molar-refractivity contribution in [1.29, 1.82) is 0 Å². The summed E-state index contributed by atoms with van der Waals surface area (Å²) in [6, 6.07) is 4.45. The van der Waals surface area contributed by atoms with Gasteiger partial charge in [-0.25, -0.2) is 8.78 Å². The molecule has 1 aromatic carbocycles. The number of rotatable bonds is 2. The van der Waals surface area contributed by atoms with E-state index >= 15 is 0 Å². The topological polar surface area (TPSA) is 41.3 Å². The highest BCUT2D eigenvalue weighted by Gasteiger charge is 2.29. The van der Waals surface area contributed by atoms with Crippen molar-refractivity contribution in [3.8, 4) is 11.3 Å². The maximum atomic E-state index is 13.5. The number of hydrogen-bond donors (Lipinski definition) is 1. The van der Waals surface area contributed by atoms with Crippen LogP contribution in [0.3, 0.4) is 0 Å². The first-order valence-electron chi connectivity index (χ1n) is 8.10. The van der Waals surface area contributed by atoms with Crippen molar-refractivity contribution < 1.29 is 13.3 Å². The van der Waals surface area contributed by atoms with E-state index in [2.05, 4.69) is 15.4 Å². The minimum absolute atomic E-state index is 0.567. The van der Waals surface area contributed by atoms with Crippen molar-refractivity contribution in [3.63, 3.8) is 0 Å². The predicted molar refractivity (Wildman–Crippen MR) is 81.9 cm³/mol. The highest BCUT2D eigenvalue weighted by molar-refractivity contribution is 5.63. The second-order valence-corrected chi connectivity index (χ2v) is 6.26. The second-order valence-electron chi connectivity index (χ2n) is 6.26. The van der Waals surface area contributed by atoms with Gasteiger partial charge in [0.25, 0.3) is 0 Å². The number of hydrogen-bond acceptors (Lipinski definition) is 4. The molecule has 0 aliphatic carbocycles. The number of halogens is 2. The summed E-state index contributed by atoms with van der Waals surface area (Å²) in [5.74, 6) is -0.831. The maximum absolute atomic E-state index is 13.5. The number of benzene rings is 1. The average Bonchev–Trinajstić information content (AvgIpc) is 3.01. The monoisotopic (exact) mass is 319 g/mol. The number of fused-ring (bicyclic) bond motifs is 1. The lowest BCUT2D eigenvalue weighted by atomic mass is 9.97. The summed E-state index contributed by atoms with van der Waals surface area (Å²) in [5, 5.41) is 7.50. The van der Waals surface area contributed by atoms with Crippen molar-refractivity contribution >= 4 is 0 Å². The van der Waals surface area contributed by atoms with E-state index < -0.39 is 11.6 Å². The summed E-state index contributed by atoms with van der Waals surface area (Å²) in [7, 11) is 0. The van der Waals surface area contributed by atoms with Crippen LogP contribution in [0.25, 0.3) is 11.3 Å². The first-order valence-corrected chi connectivity index (χ1v) is 8.10. The summed E-state index contributed by atoms with van der Waals surface area (Å²) in [6.07, 6.45) is 3.10. The molecule has 122 valence electrons. The molecule has 0 unspecified atom stereocenters. The van der Waals surface area contributed by atoms with Gasteiger partial charge in [0.2, 0.25) is 0 Å². The molecule has 2 aromatic rings. The van der Waals surface area contributed by atoms with Crippen LogP contribution in [-0.4, -0.2) is 35.7 Å². The molecule has 0 radical (unpaired) electrons. The molecule has 0 atom stereocenters. The summed E-state index contributed by atoms with van der Waals surface area (Å²) >= 11 is 0. The Hall–Kier alpha value is -1.79. The van der Waals surface area contributed by atoms with E-state index in [1.807, 2.05) is 0 Å². The molecule has 2 aliphatic rings.